The van der Waals surface area contributed by atoms with E-state index in [9.17, 15) is 9.90 Å². The van der Waals surface area contributed by atoms with Crippen LogP contribution in [0.4, 0.5) is 10.8 Å². The first-order valence-electron chi connectivity index (χ1n) is 8.36. The Balaban J connectivity index is 1.77. The number of anilines is 1. The number of para-hydroxylation sites is 1. The van der Waals surface area contributed by atoms with Gasteiger partial charge in [0.2, 0.25) is 5.13 Å². The number of carbonyl (C=O) groups excluding carboxylic acids is 1. The maximum atomic E-state index is 12.5. The molecule has 3 aromatic rings. The molecular formula is C21H19N3O2S. The minimum Gasteiger partial charge on any atom is -0.512 e. The van der Waals surface area contributed by atoms with Gasteiger partial charge in [-0.15, -0.1) is 11.3 Å². The number of rotatable bonds is 5. The number of nitrogens with zero attached hydrogens (tertiary/aromatic N) is 2. The van der Waals surface area contributed by atoms with Gasteiger partial charge in [-0.1, -0.05) is 48.5 Å². The Morgan fingerprint density at radius 2 is 1.85 bits per heavy atom. The van der Waals surface area contributed by atoms with Crippen molar-refractivity contribution in [2.24, 2.45) is 4.99 Å². The van der Waals surface area contributed by atoms with Gasteiger partial charge in [-0.3, -0.25) is 4.79 Å². The van der Waals surface area contributed by atoms with Gasteiger partial charge in [-0.25, -0.2) is 9.98 Å². The van der Waals surface area contributed by atoms with Crippen molar-refractivity contribution in [3.63, 3.8) is 0 Å². The summed E-state index contributed by atoms with van der Waals surface area (Å²) in [5, 5.41) is 15.1. The van der Waals surface area contributed by atoms with E-state index >= 15 is 0 Å². The van der Waals surface area contributed by atoms with Crippen LogP contribution >= 0.6 is 11.3 Å². The third kappa shape index (κ3) is 4.68. The quantitative estimate of drug-likeness (QED) is 0.360. The van der Waals surface area contributed by atoms with Crippen molar-refractivity contribution >= 4 is 34.3 Å². The van der Waals surface area contributed by atoms with Crippen LogP contribution < -0.4 is 5.32 Å². The highest BCUT2D eigenvalue weighted by Gasteiger charge is 2.13. The van der Waals surface area contributed by atoms with Crippen LogP contribution in [0.3, 0.4) is 0 Å². The van der Waals surface area contributed by atoms with E-state index in [2.05, 4.69) is 15.3 Å². The molecule has 27 heavy (non-hydrogen) atoms. The summed E-state index contributed by atoms with van der Waals surface area (Å²) >= 11 is 1.37. The lowest BCUT2D eigenvalue weighted by atomic mass is 10.2. The van der Waals surface area contributed by atoms with E-state index in [0.29, 0.717) is 10.8 Å². The fraction of sp³-hybridized carbons (Fsp3) is 0.0952. The molecule has 3 rings (SSSR count). The van der Waals surface area contributed by atoms with E-state index in [1.54, 1.807) is 0 Å². The van der Waals surface area contributed by atoms with Gasteiger partial charge in [0, 0.05) is 22.8 Å². The van der Waals surface area contributed by atoms with E-state index in [4.69, 9.17) is 0 Å². The molecule has 0 unspecified atom stereocenters. The number of aryl methyl sites for hydroxylation is 1. The van der Waals surface area contributed by atoms with Gasteiger partial charge >= 0.3 is 0 Å². The Kier molecular flexibility index (Phi) is 5.78. The normalized spacial score (nSPS) is 12.1. The predicted molar refractivity (Wildman–Crippen MR) is 111 cm³/mol. The molecule has 0 aliphatic rings. The predicted octanol–water partition coefficient (Wildman–Crippen LogP) is 5.29. The molecule has 1 aromatic heterocycles. The Labute approximate surface area is 161 Å². The molecule has 2 aromatic carbocycles. The number of aliphatic hydroxyl groups excluding tert-OH is 1. The molecule has 1 heterocycles. The zero-order valence-corrected chi connectivity index (χ0v) is 15.8. The highest BCUT2D eigenvalue weighted by molar-refractivity contribution is 7.13. The second-order valence-electron chi connectivity index (χ2n) is 5.91. The molecule has 0 spiro atoms. The first-order chi connectivity index (χ1) is 13.0. The maximum absolute atomic E-state index is 12.5. The van der Waals surface area contributed by atoms with Gasteiger partial charge in [-0.2, -0.15) is 0 Å². The van der Waals surface area contributed by atoms with Crippen LogP contribution in [0.5, 0.6) is 0 Å². The average molecular weight is 377 g/mol. The van der Waals surface area contributed by atoms with E-state index in [1.165, 1.54) is 24.5 Å². The minimum atomic E-state index is -0.423. The molecule has 136 valence electrons. The summed E-state index contributed by atoms with van der Waals surface area (Å²) in [5.41, 5.74) is 3.54. The van der Waals surface area contributed by atoms with Gasteiger partial charge in [0.05, 0.1) is 11.3 Å². The lowest BCUT2D eigenvalue weighted by molar-refractivity contribution is -0.112. The maximum Gasteiger partial charge on any atom is 0.260 e. The van der Waals surface area contributed by atoms with Crippen LogP contribution in [0.1, 0.15) is 12.5 Å². The van der Waals surface area contributed by atoms with Crippen molar-refractivity contribution in [3.8, 4) is 11.3 Å². The number of amides is 1. The Bertz CT molecular complexity index is 1000. The number of carbonyl (C=O) groups is 1. The van der Waals surface area contributed by atoms with Crippen LogP contribution in [0.2, 0.25) is 0 Å². The fourth-order valence-corrected chi connectivity index (χ4v) is 3.07. The van der Waals surface area contributed by atoms with Crippen molar-refractivity contribution in [1.82, 2.24) is 4.98 Å². The van der Waals surface area contributed by atoms with Gasteiger partial charge in [-0.05, 0) is 25.5 Å². The summed E-state index contributed by atoms with van der Waals surface area (Å²) in [7, 11) is 0. The zero-order valence-electron chi connectivity index (χ0n) is 15.0. The zero-order chi connectivity index (χ0) is 19.2. The molecular weight excluding hydrogens is 358 g/mol. The summed E-state index contributed by atoms with van der Waals surface area (Å²) < 4.78 is 0. The van der Waals surface area contributed by atoms with Crippen LogP contribution in [0.25, 0.3) is 11.3 Å². The number of benzene rings is 2. The summed E-state index contributed by atoms with van der Waals surface area (Å²) in [4.78, 5) is 21.2. The monoisotopic (exact) mass is 377 g/mol. The lowest BCUT2D eigenvalue weighted by Crippen LogP contribution is -2.17. The molecule has 0 bridgehead atoms. The van der Waals surface area contributed by atoms with Crippen LogP contribution in [0.15, 0.2) is 76.3 Å². The van der Waals surface area contributed by atoms with Crippen molar-refractivity contribution in [3.05, 3.63) is 76.9 Å². The minimum absolute atomic E-state index is 0.0923. The molecule has 6 heteroatoms. The van der Waals surface area contributed by atoms with Crippen molar-refractivity contribution in [1.29, 1.82) is 0 Å². The number of aromatic nitrogens is 1. The first kappa shape index (κ1) is 18.5. The molecule has 0 atom stereocenters. The summed E-state index contributed by atoms with van der Waals surface area (Å²) in [6, 6.07) is 17.2. The van der Waals surface area contributed by atoms with Crippen molar-refractivity contribution in [2.75, 3.05) is 5.32 Å². The van der Waals surface area contributed by atoms with Gasteiger partial charge in [0.15, 0.2) is 0 Å². The lowest BCUT2D eigenvalue weighted by Gasteiger charge is -2.08. The van der Waals surface area contributed by atoms with Crippen molar-refractivity contribution in [2.45, 2.75) is 13.8 Å². The van der Waals surface area contributed by atoms with Crippen LogP contribution in [-0.4, -0.2) is 22.2 Å². The molecule has 0 radical (unpaired) electrons. The number of allylic oxidation sites excluding steroid dienone is 1. The van der Waals surface area contributed by atoms with Crippen LogP contribution in [0, 0.1) is 6.92 Å². The standard InChI is InChI=1S/C21H19N3O2S/c1-14-8-6-7-11-18(14)23-20(26)17(15(2)25)12-22-21-24-19(13-27-21)16-9-4-3-5-10-16/h3-13,25H,1-2H3,(H,23,26)/b17-15+,22-12+. The SMILES string of the molecule is C/C(O)=C(/C=N/c1nc(-c2ccccc2)cs1)C(=O)Nc1ccccc1C. The number of thiazole rings is 1. The number of nitrogens with one attached hydrogen (secondary N) is 1. The van der Waals surface area contributed by atoms with Gasteiger partial charge in [0.25, 0.3) is 5.91 Å². The molecule has 0 saturated heterocycles. The van der Waals surface area contributed by atoms with E-state index in [1.807, 2.05) is 66.9 Å². The molecule has 0 saturated carbocycles. The smallest absolute Gasteiger partial charge is 0.260 e. The topological polar surface area (TPSA) is 74.6 Å². The summed E-state index contributed by atoms with van der Waals surface area (Å²) in [6.45, 7) is 3.36. The molecule has 1 amide bonds. The molecule has 2 N–H and O–H groups in total. The highest BCUT2D eigenvalue weighted by atomic mass is 32.1. The summed E-state index contributed by atoms with van der Waals surface area (Å²) in [6.07, 6.45) is 1.34. The third-order valence-corrected chi connectivity index (χ3v) is 4.64. The number of hydrogen-bond acceptors (Lipinski definition) is 5. The largest absolute Gasteiger partial charge is 0.512 e. The summed E-state index contributed by atoms with van der Waals surface area (Å²) in [5.74, 6) is -0.530. The van der Waals surface area contributed by atoms with Gasteiger partial charge in [0.1, 0.15) is 5.76 Å². The third-order valence-electron chi connectivity index (χ3n) is 3.89. The molecule has 0 aliphatic heterocycles. The number of aliphatic imine (C=N–C) groups is 1. The number of hydrogen-bond donors (Lipinski definition) is 2. The van der Waals surface area contributed by atoms with Crippen LogP contribution in [-0.2, 0) is 4.79 Å². The Morgan fingerprint density at radius 3 is 2.56 bits per heavy atom. The Morgan fingerprint density at radius 1 is 1.15 bits per heavy atom. The van der Waals surface area contributed by atoms with Gasteiger partial charge < -0.3 is 10.4 Å². The Hall–Kier alpha value is -3.25. The van der Waals surface area contributed by atoms with E-state index in [-0.39, 0.29) is 11.3 Å². The molecule has 0 fully saturated rings. The number of aliphatic hydroxyl groups is 1. The second kappa shape index (κ2) is 8.42. The molecule has 0 aliphatic carbocycles. The first-order valence-corrected chi connectivity index (χ1v) is 9.24. The van der Waals surface area contributed by atoms with Crippen molar-refractivity contribution < 1.29 is 9.90 Å². The highest BCUT2D eigenvalue weighted by Crippen LogP contribution is 2.26. The fourth-order valence-electron chi connectivity index (χ4n) is 2.40. The molecule has 5 nitrogen and oxygen atoms in total. The van der Waals surface area contributed by atoms with E-state index in [0.717, 1.165) is 16.8 Å². The average Bonchev–Trinajstić information content (AvgIpc) is 3.13. The van der Waals surface area contributed by atoms with E-state index < -0.39 is 5.91 Å². The second-order valence-corrected chi connectivity index (χ2v) is 6.74.